The lowest BCUT2D eigenvalue weighted by Crippen LogP contribution is -2.54. The van der Waals surface area contributed by atoms with Crippen molar-refractivity contribution in [3.63, 3.8) is 0 Å². The molecule has 3 aliphatic rings. The highest BCUT2D eigenvalue weighted by molar-refractivity contribution is 5.76. The Morgan fingerprint density at radius 3 is 2.41 bits per heavy atom. The molecule has 0 saturated carbocycles. The number of carbonyl (C=O) groups is 1. The van der Waals surface area contributed by atoms with Crippen molar-refractivity contribution < 1.29 is 4.79 Å². The van der Waals surface area contributed by atoms with E-state index >= 15 is 0 Å². The largest absolute Gasteiger partial charge is 0.340 e. The van der Waals surface area contributed by atoms with Crippen LogP contribution in [0.4, 0.5) is 0 Å². The molecule has 0 aliphatic carbocycles. The van der Waals surface area contributed by atoms with Gasteiger partial charge < -0.3 is 15.5 Å². The van der Waals surface area contributed by atoms with Crippen LogP contribution in [-0.2, 0) is 4.79 Å². The molecule has 0 aromatic heterocycles. The first-order valence-electron chi connectivity index (χ1n) is 9.29. The van der Waals surface area contributed by atoms with E-state index in [0.717, 1.165) is 64.7 Å². The Labute approximate surface area is 134 Å². The second-order valence-corrected chi connectivity index (χ2v) is 7.08. The maximum absolute atomic E-state index is 12.4. The molecule has 5 nitrogen and oxygen atoms in total. The molecule has 1 amide bonds. The van der Waals surface area contributed by atoms with Gasteiger partial charge in [0.2, 0.25) is 5.91 Å². The maximum atomic E-state index is 12.4. The number of nitrogens with zero attached hydrogens (tertiary/aromatic N) is 2. The highest BCUT2D eigenvalue weighted by Crippen LogP contribution is 2.16. The minimum atomic E-state index is 0.373. The van der Waals surface area contributed by atoms with Crippen LogP contribution >= 0.6 is 0 Å². The first kappa shape index (κ1) is 16.2. The monoisotopic (exact) mass is 308 g/mol. The Morgan fingerprint density at radius 1 is 0.955 bits per heavy atom. The molecule has 3 fully saturated rings. The summed E-state index contributed by atoms with van der Waals surface area (Å²) in [6.07, 6.45) is 8.14. The van der Waals surface area contributed by atoms with Crippen molar-refractivity contribution in [2.45, 2.75) is 57.0 Å². The van der Waals surface area contributed by atoms with Gasteiger partial charge >= 0.3 is 0 Å². The summed E-state index contributed by atoms with van der Waals surface area (Å²) in [4.78, 5) is 17.1. The molecule has 0 aromatic rings. The van der Waals surface area contributed by atoms with E-state index < -0.39 is 0 Å². The van der Waals surface area contributed by atoms with Gasteiger partial charge in [-0.3, -0.25) is 9.69 Å². The molecule has 1 atom stereocenters. The lowest BCUT2D eigenvalue weighted by atomic mass is 10.00. The molecular formula is C17H32N4O. The molecule has 126 valence electrons. The van der Waals surface area contributed by atoms with E-state index in [1.165, 1.54) is 32.1 Å². The van der Waals surface area contributed by atoms with Crippen molar-refractivity contribution in [2.75, 3.05) is 45.8 Å². The zero-order valence-corrected chi connectivity index (χ0v) is 13.9. The van der Waals surface area contributed by atoms with Gasteiger partial charge in [0, 0.05) is 44.7 Å². The average Bonchev–Trinajstić information content (AvgIpc) is 2.61. The Bertz CT molecular complexity index is 343. The lowest BCUT2D eigenvalue weighted by Gasteiger charge is -2.41. The van der Waals surface area contributed by atoms with E-state index in [1.54, 1.807) is 0 Å². The van der Waals surface area contributed by atoms with Crippen molar-refractivity contribution in [1.29, 1.82) is 0 Å². The predicted molar refractivity (Wildman–Crippen MR) is 88.9 cm³/mol. The second kappa shape index (κ2) is 8.27. The third-order valence-electron chi connectivity index (χ3n) is 5.61. The summed E-state index contributed by atoms with van der Waals surface area (Å²) in [6, 6.07) is 1.32. The summed E-state index contributed by atoms with van der Waals surface area (Å²) in [5, 5.41) is 6.97. The standard InChI is InChI=1S/C17H32N4O/c22-17(5-4-15-3-1-2-8-19-15)21-13-11-20(12-14-21)16-6-9-18-10-7-16/h15-16,18-19H,1-14H2. The minimum absolute atomic E-state index is 0.373. The Morgan fingerprint density at radius 2 is 1.73 bits per heavy atom. The fourth-order valence-corrected chi connectivity index (χ4v) is 4.13. The van der Waals surface area contributed by atoms with Gasteiger partial charge in [0.05, 0.1) is 0 Å². The summed E-state index contributed by atoms with van der Waals surface area (Å²) < 4.78 is 0. The van der Waals surface area contributed by atoms with E-state index in [1.807, 2.05) is 0 Å². The van der Waals surface area contributed by atoms with Crippen LogP contribution in [0.3, 0.4) is 0 Å². The van der Waals surface area contributed by atoms with Crippen LogP contribution in [0.15, 0.2) is 0 Å². The Hall–Kier alpha value is -0.650. The van der Waals surface area contributed by atoms with Crippen LogP contribution in [0.5, 0.6) is 0 Å². The quantitative estimate of drug-likeness (QED) is 0.807. The van der Waals surface area contributed by atoms with Crippen LogP contribution in [0, 0.1) is 0 Å². The number of carbonyl (C=O) groups excluding carboxylic acids is 1. The van der Waals surface area contributed by atoms with Crippen molar-refractivity contribution in [1.82, 2.24) is 20.4 Å². The second-order valence-electron chi connectivity index (χ2n) is 7.08. The van der Waals surface area contributed by atoms with Gasteiger partial charge in [-0.1, -0.05) is 6.42 Å². The molecule has 5 heteroatoms. The summed E-state index contributed by atoms with van der Waals surface area (Å²) in [5.41, 5.74) is 0. The molecule has 2 N–H and O–H groups in total. The number of nitrogens with one attached hydrogen (secondary N) is 2. The highest BCUT2D eigenvalue weighted by atomic mass is 16.2. The number of hydrogen-bond acceptors (Lipinski definition) is 4. The Balaban J connectivity index is 1.36. The van der Waals surface area contributed by atoms with Gasteiger partial charge in [0.1, 0.15) is 0 Å². The zero-order chi connectivity index (χ0) is 15.2. The van der Waals surface area contributed by atoms with Crippen LogP contribution in [0.2, 0.25) is 0 Å². The maximum Gasteiger partial charge on any atom is 0.222 e. The first-order chi connectivity index (χ1) is 10.8. The molecule has 3 aliphatic heterocycles. The summed E-state index contributed by atoms with van der Waals surface area (Å²) in [6.45, 7) is 7.43. The van der Waals surface area contributed by atoms with Gasteiger partial charge in [0.15, 0.2) is 0 Å². The lowest BCUT2D eigenvalue weighted by molar-refractivity contribution is -0.133. The first-order valence-corrected chi connectivity index (χ1v) is 9.29. The smallest absolute Gasteiger partial charge is 0.222 e. The highest BCUT2D eigenvalue weighted by Gasteiger charge is 2.27. The fraction of sp³-hybridized carbons (Fsp3) is 0.941. The van der Waals surface area contributed by atoms with Gasteiger partial charge in [-0.25, -0.2) is 0 Å². The van der Waals surface area contributed by atoms with Crippen LogP contribution in [-0.4, -0.2) is 73.6 Å². The van der Waals surface area contributed by atoms with Crippen LogP contribution in [0.1, 0.15) is 44.9 Å². The zero-order valence-electron chi connectivity index (χ0n) is 13.9. The number of piperidine rings is 2. The van der Waals surface area contributed by atoms with Crippen LogP contribution in [0.25, 0.3) is 0 Å². The summed E-state index contributed by atoms with van der Waals surface area (Å²) in [5.74, 6) is 0.373. The van der Waals surface area contributed by atoms with E-state index in [0.29, 0.717) is 11.9 Å². The van der Waals surface area contributed by atoms with E-state index in [2.05, 4.69) is 20.4 Å². The molecule has 3 rings (SSSR count). The van der Waals surface area contributed by atoms with E-state index in [-0.39, 0.29) is 0 Å². The number of hydrogen-bond donors (Lipinski definition) is 2. The number of rotatable bonds is 4. The van der Waals surface area contributed by atoms with Crippen LogP contribution < -0.4 is 10.6 Å². The van der Waals surface area contributed by atoms with Crippen molar-refractivity contribution in [3.8, 4) is 0 Å². The van der Waals surface area contributed by atoms with Crippen molar-refractivity contribution >= 4 is 5.91 Å². The van der Waals surface area contributed by atoms with E-state index in [9.17, 15) is 4.79 Å². The normalized spacial score (nSPS) is 28.7. The number of amides is 1. The van der Waals surface area contributed by atoms with Gasteiger partial charge in [-0.2, -0.15) is 0 Å². The predicted octanol–water partition coefficient (Wildman–Crippen LogP) is 0.805. The molecule has 1 unspecified atom stereocenters. The topological polar surface area (TPSA) is 47.6 Å². The van der Waals surface area contributed by atoms with E-state index in [4.69, 9.17) is 0 Å². The van der Waals surface area contributed by atoms with Gasteiger partial charge in [-0.15, -0.1) is 0 Å². The fourth-order valence-electron chi connectivity index (χ4n) is 4.13. The molecule has 0 spiro atoms. The number of piperazine rings is 1. The SMILES string of the molecule is O=C(CCC1CCCCN1)N1CCN(C2CCNCC2)CC1. The minimum Gasteiger partial charge on any atom is -0.340 e. The molecular weight excluding hydrogens is 276 g/mol. The van der Waals surface area contributed by atoms with Gasteiger partial charge in [-0.05, 0) is 51.7 Å². The van der Waals surface area contributed by atoms with Gasteiger partial charge in [0.25, 0.3) is 0 Å². The summed E-state index contributed by atoms with van der Waals surface area (Å²) in [7, 11) is 0. The third kappa shape index (κ3) is 4.43. The average molecular weight is 308 g/mol. The molecule has 22 heavy (non-hydrogen) atoms. The third-order valence-corrected chi connectivity index (χ3v) is 5.61. The van der Waals surface area contributed by atoms with Crippen molar-refractivity contribution in [3.05, 3.63) is 0 Å². The Kier molecular flexibility index (Phi) is 6.10. The molecule has 0 bridgehead atoms. The molecule has 3 saturated heterocycles. The molecule has 0 radical (unpaired) electrons. The molecule has 0 aromatic carbocycles. The summed E-state index contributed by atoms with van der Waals surface area (Å²) >= 11 is 0. The molecule has 3 heterocycles. The van der Waals surface area contributed by atoms with Crippen molar-refractivity contribution in [2.24, 2.45) is 0 Å².